The fraction of sp³-hybridized carbons (Fsp3) is 0.579. The van der Waals surface area contributed by atoms with Crippen LogP contribution in [0.1, 0.15) is 57.6 Å². The van der Waals surface area contributed by atoms with E-state index in [4.69, 9.17) is 9.47 Å². The van der Waals surface area contributed by atoms with Gasteiger partial charge in [-0.15, -0.1) is 0 Å². The number of ether oxygens (including phenoxy) is 2. The fourth-order valence-electron chi connectivity index (χ4n) is 2.53. The minimum Gasteiger partial charge on any atom is -0.466 e. The Morgan fingerprint density at radius 2 is 1.92 bits per heavy atom. The third-order valence-corrected chi connectivity index (χ3v) is 3.55. The summed E-state index contributed by atoms with van der Waals surface area (Å²) in [5.41, 5.74) is 1.03. The van der Waals surface area contributed by atoms with Crippen LogP contribution in [0.2, 0.25) is 0 Å². The zero-order valence-corrected chi connectivity index (χ0v) is 15.8. The summed E-state index contributed by atoms with van der Waals surface area (Å²) >= 11 is 0. The lowest BCUT2D eigenvalue weighted by molar-refractivity contribution is -0.483. The lowest BCUT2D eigenvalue weighted by Gasteiger charge is -2.19. The van der Waals surface area contributed by atoms with Crippen molar-refractivity contribution >= 4 is 11.9 Å². The van der Waals surface area contributed by atoms with Gasteiger partial charge in [0, 0.05) is 11.3 Å². The molecule has 144 valence electrons. The van der Waals surface area contributed by atoms with Gasteiger partial charge in [-0.25, -0.2) is 0 Å². The minimum absolute atomic E-state index is 0.0513. The lowest BCUT2D eigenvalue weighted by Crippen LogP contribution is -2.24. The molecule has 1 aromatic rings. The average molecular weight is 365 g/mol. The van der Waals surface area contributed by atoms with Crippen molar-refractivity contribution in [1.29, 1.82) is 0 Å². The van der Waals surface area contributed by atoms with Crippen LogP contribution < -0.4 is 0 Å². The Morgan fingerprint density at radius 3 is 2.50 bits per heavy atom. The summed E-state index contributed by atoms with van der Waals surface area (Å²) in [5.74, 6) is -1.32. The predicted octanol–water partition coefficient (Wildman–Crippen LogP) is 3.27. The number of esters is 2. The predicted molar refractivity (Wildman–Crippen MR) is 96.5 cm³/mol. The van der Waals surface area contributed by atoms with E-state index in [1.54, 1.807) is 25.1 Å². The first-order valence-corrected chi connectivity index (χ1v) is 8.68. The Morgan fingerprint density at radius 1 is 1.23 bits per heavy atom. The number of benzene rings is 1. The molecular weight excluding hydrogens is 338 g/mol. The van der Waals surface area contributed by atoms with Crippen molar-refractivity contribution in [2.24, 2.45) is 0 Å². The first-order valence-electron chi connectivity index (χ1n) is 8.68. The standard InChI is InChI=1S/C19H27NO6/c1-5-25-18(22)12-16(13-20(23)24)15-8-6-7-14(11-15)9-10-17(21)26-19(2,3)4/h6-8,11,16H,5,9-10,12-13H2,1-4H3. The maximum absolute atomic E-state index is 11.8. The molecule has 0 bridgehead atoms. The Hall–Kier alpha value is -2.44. The number of nitrogens with zero attached hydrogens (tertiary/aromatic N) is 1. The molecule has 0 radical (unpaired) electrons. The molecule has 0 spiro atoms. The highest BCUT2D eigenvalue weighted by molar-refractivity contribution is 5.71. The molecule has 0 aliphatic heterocycles. The minimum atomic E-state index is -0.564. The molecule has 0 amide bonds. The van der Waals surface area contributed by atoms with Crippen molar-refractivity contribution in [2.75, 3.05) is 13.2 Å². The average Bonchev–Trinajstić information content (AvgIpc) is 2.51. The first-order chi connectivity index (χ1) is 12.1. The Labute approximate surface area is 153 Å². The lowest BCUT2D eigenvalue weighted by atomic mass is 9.93. The molecule has 1 atom stereocenters. The van der Waals surface area contributed by atoms with Gasteiger partial charge in [-0.2, -0.15) is 0 Å². The van der Waals surface area contributed by atoms with E-state index in [0.717, 1.165) is 5.56 Å². The Kier molecular flexibility index (Phi) is 8.22. The van der Waals surface area contributed by atoms with Crippen molar-refractivity contribution in [2.45, 2.75) is 58.5 Å². The summed E-state index contributed by atoms with van der Waals surface area (Å²) in [6.45, 7) is 7.00. The molecule has 0 aliphatic rings. The molecule has 0 N–H and O–H groups in total. The molecule has 1 aromatic carbocycles. The molecule has 1 unspecified atom stereocenters. The van der Waals surface area contributed by atoms with Gasteiger partial charge in [0.2, 0.25) is 6.54 Å². The summed E-state index contributed by atoms with van der Waals surface area (Å²) in [5, 5.41) is 10.9. The molecule has 0 saturated heterocycles. The summed E-state index contributed by atoms with van der Waals surface area (Å²) in [4.78, 5) is 34.1. The molecule has 7 heteroatoms. The second-order valence-electron chi connectivity index (χ2n) is 7.05. The molecule has 1 rings (SSSR count). The molecule has 0 aliphatic carbocycles. The first kappa shape index (κ1) is 21.6. The van der Waals surface area contributed by atoms with E-state index >= 15 is 0 Å². The van der Waals surface area contributed by atoms with Gasteiger partial charge in [0.1, 0.15) is 5.60 Å². The fourth-order valence-corrected chi connectivity index (χ4v) is 2.53. The SMILES string of the molecule is CCOC(=O)CC(C[N+](=O)[O-])c1cccc(CCC(=O)OC(C)(C)C)c1. The van der Waals surface area contributed by atoms with E-state index in [1.807, 2.05) is 26.8 Å². The quantitative estimate of drug-likeness (QED) is 0.378. The normalized spacial score (nSPS) is 12.3. The van der Waals surface area contributed by atoms with Crippen molar-refractivity contribution in [3.63, 3.8) is 0 Å². The highest BCUT2D eigenvalue weighted by Gasteiger charge is 2.23. The third kappa shape index (κ3) is 8.60. The van der Waals surface area contributed by atoms with E-state index in [2.05, 4.69) is 0 Å². The summed E-state index contributed by atoms with van der Waals surface area (Å²) < 4.78 is 10.2. The van der Waals surface area contributed by atoms with Gasteiger partial charge in [-0.05, 0) is 45.2 Å². The van der Waals surface area contributed by atoms with Crippen LogP contribution in [0.4, 0.5) is 0 Å². The number of nitro groups is 1. The van der Waals surface area contributed by atoms with E-state index in [-0.39, 0.29) is 32.0 Å². The molecule has 0 heterocycles. The number of carbonyl (C=O) groups is 2. The largest absolute Gasteiger partial charge is 0.466 e. The zero-order valence-electron chi connectivity index (χ0n) is 15.8. The molecule has 0 aromatic heterocycles. The van der Waals surface area contributed by atoms with E-state index in [0.29, 0.717) is 12.0 Å². The number of aryl methyl sites for hydroxylation is 1. The summed E-state index contributed by atoms with van der Waals surface area (Å²) in [6.07, 6.45) is 0.635. The molecule has 7 nitrogen and oxygen atoms in total. The monoisotopic (exact) mass is 365 g/mol. The van der Waals surface area contributed by atoms with Gasteiger partial charge in [-0.1, -0.05) is 24.3 Å². The highest BCUT2D eigenvalue weighted by atomic mass is 16.6. The van der Waals surface area contributed by atoms with Crippen molar-refractivity contribution in [3.8, 4) is 0 Å². The van der Waals surface area contributed by atoms with Gasteiger partial charge in [-0.3, -0.25) is 19.7 Å². The maximum atomic E-state index is 11.8. The topological polar surface area (TPSA) is 95.7 Å². The zero-order chi connectivity index (χ0) is 19.7. The highest BCUT2D eigenvalue weighted by Crippen LogP contribution is 2.23. The summed E-state index contributed by atoms with van der Waals surface area (Å²) in [6, 6.07) is 7.18. The number of carbonyl (C=O) groups excluding carboxylic acids is 2. The van der Waals surface area contributed by atoms with Crippen LogP contribution in [0.25, 0.3) is 0 Å². The van der Waals surface area contributed by atoms with E-state index < -0.39 is 22.4 Å². The number of hydrogen-bond donors (Lipinski definition) is 0. The van der Waals surface area contributed by atoms with Gasteiger partial charge in [0.15, 0.2) is 0 Å². The van der Waals surface area contributed by atoms with Gasteiger partial charge in [0.25, 0.3) is 0 Å². The van der Waals surface area contributed by atoms with Gasteiger partial charge in [0.05, 0.1) is 18.9 Å². The third-order valence-electron chi connectivity index (χ3n) is 3.55. The number of rotatable bonds is 9. The summed E-state index contributed by atoms with van der Waals surface area (Å²) in [7, 11) is 0. The van der Waals surface area contributed by atoms with Crippen molar-refractivity contribution in [1.82, 2.24) is 0 Å². The molecule has 0 saturated carbocycles. The van der Waals surface area contributed by atoms with Crippen LogP contribution >= 0.6 is 0 Å². The van der Waals surface area contributed by atoms with Crippen LogP contribution in [0.3, 0.4) is 0 Å². The van der Waals surface area contributed by atoms with E-state index in [9.17, 15) is 19.7 Å². The van der Waals surface area contributed by atoms with Crippen LogP contribution in [0.5, 0.6) is 0 Å². The smallest absolute Gasteiger partial charge is 0.306 e. The second kappa shape index (κ2) is 9.89. The van der Waals surface area contributed by atoms with Gasteiger partial charge >= 0.3 is 11.9 Å². The number of hydrogen-bond acceptors (Lipinski definition) is 6. The van der Waals surface area contributed by atoms with Crippen LogP contribution in [0.15, 0.2) is 24.3 Å². The van der Waals surface area contributed by atoms with E-state index in [1.165, 1.54) is 0 Å². The van der Waals surface area contributed by atoms with Crippen LogP contribution in [0, 0.1) is 10.1 Å². The Bertz CT molecular complexity index is 635. The molecular formula is C19H27NO6. The van der Waals surface area contributed by atoms with Crippen molar-refractivity contribution < 1.29 is 24.0 Å². The Balaban J connectivity index is 2.81. The van der Waals surface area contributed by atoms with Crippen LogP contribution in [-0.4, -0.2) is 35.6 Å². The van der Waals surface area contributed by atoms with Gasteiger partial charge < -0.3 is 9.47 Å². The molecule has 26 heavy (non-hydrogen) atoms. The van der Waals surface area contributed by atoms with Crippen molar-refractivity contribution in [3.05, 3.63) is 45.5 Å². The second-order valence-corrected chi connectivity index (χ2v) is 7.05. The maximum Gasteiger partial charge on any atom is 0.306 e. The molecule has 0 fully saturated rings. The van der Waals surface area contributed by atoms with Crippen LogP contribution in [-0.2, 0) is 25.5 Å².